The summed E-state index contributed by atoms with van der Waals surface area (Å²) in [5.74, 6) is -0.262. The average molecular weight is 374 g/mol. The van der Waals surface area contributed by atoms with Gasteiger partial charge in [-0.1, -0.05) is 13.8 Å². The number of hydrogen-bond donors (Lipinski definition) is 1. The van der Waals surface area contributed by atoms with Crippen molar-refractivity contribution in [1.29, 1.82) is 0 Å². The van der Waals surface area contributed by atoms with E-state index in [-0.39, 0.29) is 29.6 Å². The van der Waals surface area contributed by atoms with Crippen molar-refractivity contribution >= 4 is 28.2 Å². The highest BCUT2D eigenvalue weighted by Gasteiger charge is 2.49. The minimum Gasteiger partial charge on any atom is -0.466 e. The standard InChI is InChI=1S/C18H22N4O5/c1-4-27-17(24)18(11(2)3)5-6-21(9-18)14-8-13-12(7-15(14)22(25)26)16(23)20-10-19-13/h7-8,10-11H,4-6,9H2,1-3H3,(H,19,20,23). The van der Waals surface area contributed by atoms with Crippen molar-refractivity contribution in [2.75, 3.05) is 24.6 Å². The number of ether oxygens (including phenoxy) is 1. The van der Waals surface area contributed by atoms with Crippen LogP contribution < -0.4 is 10.5 Å². The first-order valence-corrected chi connectivity index (χ1v) is 8.88. The molecule has 1 aliphatic rings. The number of benzene rings is 1. The number of carbonyl (C=O) groups is 1. The zero-order chi connectivity index (χ0) is 19.8. The molecule has 1 saturated heterocycles. The van der Waals surface area contributed by atoms with Crippen molar-refractivity contribution in [1.82, 2.24) is 9.97 Å². The van der Waals surface area contributed by atoms with Gasteiger partial charge in [-0.3, -0.25) is 19.7 Å². The number of anilines is 1. The predicted molar refractivity (Wildman–Crippen MR) is 99.8 cm³/mol. The van der Waals surface area contributed by atoms with Crippen molar-refractivity contribution in [2.24, 2.45) is 11.3 Å². The summed E-state index contributed by atoms with van der Waals surface area (Å²) in [6.45, 7) is 6.75. The SMILES string of the molecule is CCOC(=O)C1(C(C)C)CCN(c2cc3nc[nH]c(=O)c3cc2[N+](=O)[O-])C1. The van der Waals surface area contributed by atoms with Crippen LogP contribution in [-0.2, 0) is 9.53 Å². The summed E-state index contributed by atoms with van der Waals surface area (Å²) in [6, 6.07) is 2.79. The van der Waals surface area contributed by atoms with E-state index in [1.54, 1.807) is 13.0 Å². The molecule has 9 nitrogen and oxygen atoms in total. The number of esters is 1. The fourth-order valence-corrected chi connectivity index (χ4v) is 3.68. The summed E-state index contributed by atoms with van der Waals surface area (Å²) in [6.07, 6.45) is 1.81. The fourth-order valence-electron chi connectivity index (χ4n) is 3.68. The van der Waals surface area contributed by atoms with Gasteiger partial charge < -0.3 is 14.6 Å². The van der Waals surface area contributed by atoms with Crippen molar-refractivity contribution in [2.45, 2.75) is 27.2 Å². The number of aromatic amines is 1. The van der Waals surface area contributed by atoms with Crippen LogP contribution in [0.3, 0.4) is 0 Å². The Morgan fingerprint density at radius 3 is 2.85 bits per heavy atom. The molecule has 2 aromatic rings. The van der Waals surface area contributed by atoms with Crippen molar-refractivity contribution in [3.63, 3.8) is 0 Å². The molecule has 0 spiro atoms. The molecule has 1 aliphatic heterocycles. The summed E-state index contributed by atoms with van der Waals surface area (Å²) in [5.41, 5.74) is -0.598. The van der Waals surface area contributed by atoms with E-state index in [4.69, 9.17) is 4.74 Å². The van der Waals surface area contributed by atoms with Crippen molar-refractivity contribution in [3.8, 4) is 0 Å². The molecule has 1 aromatic carbocycles. The first kappa shape index (κ1) is 18.8. The van der Waals surface area contributed by atoms with Gasteiger partial charge in [-0.05, 0) is 25.3 Å². The molecular weight excluding hydrogens is 352 g/mol. The molecule has 0 saturated carbocycles. The van der Waals surface area contributed by atoms with E-state index in [9.17, 15) is 19.7 Å². The van der Waals surface area contributed by atoms with Crippen LogP contribution in [0.2, 0.25) is 0 Å². The number of nitrogens with zero attached hydrogens (tertiary/aromatic N) is 3. The Labute approximate surface area is 155 Å². The van der Waals surface area contributed by atoms with Crippen LogP contribution in [0, 0.1) is 21.4 Å². The predicted octanol–water partition coefficient (Wildman–Crippen LogP) is 2.25. The molecule has 0 aliphatic carbocycles. The summed E-state index contributed by atoms with van der Waals surface area (Å²) < 4.78 is 5.28. The Morgan fingerprint density at radius 2 is 2.22 bits per heavy atom. The zero-order valence-corrected chi connectivity index (χ0v) is 15.5. The molecule has 0 bridgehead atoms. The molecule has 0 radical (unpaired) electrons. The monoisotopic (exact) mass is 374 g/mol. The number of nitro groups is 1. The van der Waals surface area contributed by atoms with E-state index in [0.717, 1.165) is 0 Å². The molecular formula is C18H22N4O5. The fraction of sp³-hybridized carbons (Fsp3) is 0.500. The number of hydrogen-bond acceptors (Lipinski definition) is 7. The van der Waals surface area contributed by atoms with Gasteiger partial charge in [0.15, 0.2) is 0 Å². The quantitative estimate of drug-likeness (QED) is 0.484. The molecule has 1 atom stereocenters. The van der Waals surface area contributed by atoms with E-state index < -0.39 is 15.9 Å². The Bertz CT molecular complexity index is 954. The number of aromatic nitrogens is 2. The van der Waals surface area contributed by atoms with Gasteiger partial charge in [-0.25, -0.2) is 4.98 Å². The van der Waals surface area contributed by atoms with Crippen LogP contribution in [0.4, 0.5) is 11.4 Å². The van der Waals surface area contributed by atoms with E-state index in [0.29, 0.717) is 30.7 Å². The Hall–Kier alpha value is -2.97. The summed E-state index contributed by atoms with van der Waals surface area (Å²) >= 11 is 0. The maximum atomic E-state index is 12.6. The zero-order valence-electron chi connectivity index (χ0n) is 15.5. The first-order chi connectivity index (χ1) is 12.8. The van der Waals surface area contributed by atoms with Crippen molar-refractivity contribution in [3.05, 3.63) is 38.9 Å². The number of nitrogens with one attached hydrogen (secondary N) is 1. The van der Waals surface area contributed by atoms with Gasteiger partial charge in [-0.2, -0.15) is 0 Å². The number of nitro benzene ring substituents is 1. The Kier molecular flexibility index (Phi) is 4.86. The van der Waals surface area contributed by atoms with Gasteiger partial charge in [0.25, 0.3) is 11.2 Å². The third-order valence-electron chi connectivity index (χ3n) is 5.36. The second-order valence-electron chi connectivity index (χ2n) is 7.05. The maximum Gasteiger partial charge on any atom is 0.314 e. The number of carbonyl (C=O) groups excluding carboxylic acids is 1. The second kappa shape index (κ2) is 6.98. The molecule has 27 heavy (non-hydrogen) atoms. The lowest BCUT2D eigenvalue weighted by atomic mass is 9.76. The van der Waals surface area contributed by atoms with E-state index in [1.807, 2.05) is 18.7 Å². The van der Waals surface area contributed by atoms with Crippen molar-refractivity contribution < 1.29 is 14.5 Å². The molecule has 1 fully saturated rings. The second-order valence-corrected chi connectivity index (χ2v) is 7.05. The van der Waals surface area contributed by atoms with E-state index in [2.05, 4.69) is 9.97 Å². The molecule has 1 N–H and O–H groups in total. The van der Waals surface area contributed by atoms with E-state index in [1.165, 1.54) is 12.4 Å². The highest BCUT2D eigenvalue weighted by molar-refractivity contribution is 5.88. The van der Waals surface area contributed by atoms with Gasteiger partial charge in [0.2, 0.25) is 0 Å². The minimum atomic E-state index is -0.722. The molecule has 2 heterocycles. The Morgan fingerprint density at radius 1 is 1.48 bits per heavy atom. The number of rotatable bonds is 5. The number of fused-ring (bicyclic) bond motifs is 1. The number of H-pyrrole nitrogens is 1. The van der Waals surface area contributed by atoms with Crippen LogP contribution >= 0.6 is 0 Å². The summed E-state index contributed by atoms with van der Waals surface area (Å²) in [4.78, 5) is 44.0. The third kappa shape index (κ3) is 3.13. The Balaban J connectivity index is 2.07. The third-order valence-corrected chi connectivity index (χ3v) is 5.36. The molecule has 9 heteroatoms. The smallest absolute Gasteiger partial charge is 0.314 e. The normalized spacial score (nSPS) is 19.6. The van der Waals surface area contributed by atoms with Gasteiger partial charge in [-0.15, -0.1) is 0 Å². The van der Waals surface area contributed by atoms with E-state index >= 15 is 0 Å². The van der Waals surface area contributed by atoms with Crippen LogP contribution in [0.25, 0.3) is 10.9 Å². The van der Waals surface area contributed by atoms with Crippen LogP contribution in [-0.4, -0.2) is 40.6 Å². The van der Waals surface area contributed by atoms with Gasteiger partial charge >= 0.3 is 5.97 Å². The lowest BCUT2D eigenvalue weighted by Crippen LogP contribution is -2.40. The first-order valence-electron chi connectivity index (χ1n) is 8.88. The van der Waals surface area contributed by atoms with Crippen LogP contribution in [0.15, 0.2) is 23.3 Å². The van der Waals surface area contributed by atoms with Gasteiger partial charge in [0.1, 0.15) is 5.69 Å². The molecule has 3 rings (SSSR count). The lowest BCUT2D eigenvalue weighted by molar-refractivity contribution is -0.384. The largest absolute Gasteiger partial charge is 0.466 e. The van der Waals surface area contributed by atoms with Gasteiger partial charge in [0, 0.05) is 19.2 Å². The molecule has 1 aromatic heterocycles. The summed E-state index contributed by atoms with van der Waals surface area (Å²) in [5, 5.41) is 11.8. The highest BCUT2D eigenvalue weighted by atomic mass is 16.6. The lowest BCUT2D eigenvalue weighted by Gasteiger charge is -2.31. The van der Waals surface area contributed by atoms with Gasteiger partial charge in [0.05, 0.1) is 34.2 Å². The minimum absolute atomic E-state index is 0.0158. The molecule has 144 valence electrons. The highest BCUT2D eigenvalue weighted by Crippen LogP contribution is 2.43. The maximum absolute atomic E-state index is 12.6. The van der Waals surface area contributed by atoms with Crippen LogP contribution in [0.5, 0.6) is 0 Å². The topological polar surface area (TPSA) is 118 Å². The molecule has 0 amide bonds. The summed E-state index contributed by atoms with van der Waals surface area (Å²) in [7, 11) is 0. The average Bonchev–Trinajstić information content (AvgIpc) is 3.08. The molecule has 1 unspecified atom stereocenters. The van der Waals surface area contributed by atoms with Crippen LogP contribution in [0.1, 0.15) is 27.2 Å².